The molecule has 84 valence electrons. The van der Waals surface area contributed by atoms with Crippen molar-refractivity contribution in [2.24, 2.45) is 11.7 Å². The zero-order chi connectivity index (χ0) is 11.8. The van der Waals surface area contributed by atoms with Crippen molar-refractivity contribution in [1.82, 2.24) is 0 Å². The monoisotopic (exact) mass is 223 g/mol. The summed E-state index contributed by atoms with van der Waals surface area (Å²) in [5, 5.41) is 0. The first-order chi connectivity index (χ1) is 8.25. The topological polar surface area (TPSA) is 43.1 Å². The molecule has 1 atom stereocenters. The van der Waals surface area contributed by atoms with E-state index in [1.807, 2.05) is 12.2 Å². The Morgan fingerprint density at radius 1 is 1.06 bits per heavy atom. The standard InChI is InChI=1S/C15H13NO/c16-14(17)9-12-8-7-11-4-1-3-10-5-2-6-13(12)15(10)11/h1-8,15H,9H2,(H2,16,17). The average Bonchev–Trinajstić information content (AvgIpc) is 2.33. The predicted molar refractivity (Wildman–Crippen MR) is 67.9 cm³/mol. The maximum atomic E-state index is 11.1. The first-order valence-corrected chi connectivity index (χ1v) is 5.71. The van der Waals surface area contributed by atoms with Gasteiger partial charge in [-0.3, -0.25) is 4.79 Å². The normalized spacial score (nSPS) is 24.4. The fraction of sp³-hybridized carbons (Fsp3) is 0.133. The molecule has 0 aromatic carbocycles. The van der Waals surface area contributed by atoms with Crippen LogP contribution in [-0.2, 0) is 4.79 Å². The number of rotatable bonds is 2. The number of carbonyl (C=O) groups is 1. The van der Waals surface area contributed by atoms with E-state index in [0.717, 1.165) is 5.57 Å². The van der Waals surface area contributed by atoms with Crippen LogP contribution >= 0.6 is 0 Å². The summed E-state index contributed by atoms with van der Waals surface area (Å²) in [5.41, 5.74) is 10.1. The number of amides is 1. The number of nitrogens with two attached hydrogens (primary N) is 1. The van der Waals surface area contributed by atoms with Crippen LogP contribution in [0.1, 0.15) is 6.42 Å². The molecule has 0 fully saturated rings. The zero-order valence-electron chi connectivity index (χ0n) is 9.39. The molecule has 0 radical (unpaired) electrons. The molecule has 0 saturated heterocycles. The Balaban J connectivity index is 2.10. The van der Waals surface area contributed by atoms with Gasteiger partial charge in [0.15, 0.2) is 0 Å². The van der Waals surface area contributed by atoms with Crippen molar-refractivity contribution in [1.29, 1.82) is 0 Å². The van der Waals surface area contributed by atoms with Crippen LogP contribution in [0.25, 0.3) is 0 Å². The summed E-state index contributed by atoms with van der Waals surface area (Å²) in [6.07, 6.45) is 17.0. The highest BCUT2D eigenvalue weighted by molar-refractivity contribution is 5.78. The lowest BCUT2D eigenvalue weighted by molar-refractivity contribution is -0.117. The lowest BCUT2D eigenvalue weighted by Crippen LogP contribution is -2.19. The summed E-state index contributed by atoms with van der Waals surface area (Å²) < 4.78 is 0. The van der Waals surface area contributed by atoms with E-state index in [9.17, 15) is 4.79 Å². The van der Waals surface area contributed by atoms with Gasteiger partial charge in [-0.1, -0.05) is 48.6 Å². The number of hydrogen-bond acceptors (Lipinski definition) is 1. The predicted octanol–water partition coefficient (Wildman–Crippen LogP) is 2.34. The van der Waals surface area contributed by atoms with E-state index in [4.69, 9.17) is 5.73 Å². The van der Waals surface area contributed by atoms with Crippen LogP contribution in [0.3, 0.4) is 0 Å². The lowest BCUT2D eigenvalue weighted by Gasteiger charge is -2.30. The first kappa shape index (κ1) is 10.1. The summed E-state index contributed by atoms with van der Waals surface area (Å²) in [4.78, 5) is 11.1. The molecular formula is C15H13NO. The third kappa shape index (κ3) is 1.62. The summed E-state index contributed by atoms with van der Waals surface area (Å²) in [6.45, 7) is 0. The highest BCUT2D eigenvalue weighted by Crippen LogP contribution is 2.41. The molecule has 3 aliphatic carbocycles. The summed E-state index contributed by atoms with van der Waals surface area (Å²) in [5.74, 6) is 0.0183. The Bertz CT molecular complexity index is 560. The van der Waals surface area contributed by atoms with Gasteiger partial charge < -0.3 is 5.73 Å². The molecule has 1 amide bonds. The SMILES string of the molecule is NC(=O)CC1=C2C=CC=C3C=CC=C(C=C1)C32. The van der Waals surface area contributed by atoms with E-state index >= 15 is 0 Å². The zero-order valence-corrected chi connectivity index (χ0v) is 9.39. The highest BCUT2D eigenvalue weighted by Gasteiger charge is 2.27. The molecule has 0 bridgehead atoms. The first-order valence-electron chi connectivity index (χ1n) is 5.71. The number of allylic oxidation sites excluding steroid dienone is 11. The molecule has 17 heavy (non-hydrogen) atoms. The Morgan fingerprint density at radius 3 is 2.53 bits per heavy atom. The number of carbonyl (C=O) groups excluding carboxylic acids is 1. The van der Waals surface area contributed by atoms with Crippen LogP contribution in [0.5, 0.6) is 0 Å². The van der Waals surface area contributed by atoms with Gasteiger partial charge in [0, 0.05) is 5.92 Å². The minimum absolute atomic E-state index is 0.277. The fourth-order valence-corrected chi connectivity index (χ4v) is 2.61. The van der Waals surface area contributed by atoms with Gasteiger partial charge in [0.2, 0.25) is 5.91 Å². The van der Waals surface area contributed by atoms with Crippen LogP contribution < -0.4 is 5.73 Å². The van der Waals surface area contributed by atoms with Crippen LogP contribution in [0.2, 0.25) is 0 Å². The number of primary amides is 1. The molecule has 0 aromatic heterocycles. The molecule has 0 heterocycles. The Labute approximate surface area is 100 Å². The largest absolute Gasteiger partial charge is 0.369 e. The van der Waals surface area contributed by atoms with E-state index in [1.165, 1.54) is 16.7 Å². The molecule has 3 aliphatic rings. The van der Waals surface area contributed by atoms with Gasteiger partial charge in [-0.05, 0) is 22.3 Å². The fourth-order valence-electron chi connectivity index (χ4n) is 2.61. The molecule has 2 nitrogen and oxygen atoms in total. The Kier molecular flexibility index (Phi) is 2.22. The Hall–Kier alpha value is -2.09. The number of hydrogen-bond donors (Lipinski definition) is 1. The molecule has 3 rings (SSSR count). The van der Waals surface area contributed by atoms with E-state index < -0.39 is 0 Å². The second-order valence-electron chi connectivity index (χ2n) is 4.44. The van der Waals surface area contributed by atoms with Crippen LogP contribution in [-0.4, -0.2) is 5.91 Å². The van der Waals surface area contributed by atoms with E-state index in [2.05, 4.69) is 36.5 Å². The van der Waals surface area contributed by atoms with Gasteiger partial charge >= 0.3 is 0 Å². The van der Waals surface area contributed by atoms with Crippen LogP contribution in [0, 0.1) is 5.92 Å². The highest BCUT2D eigenvalue weighted by atomic mass is 16.1. The molecule has 0 aliphatic heterocycles. The third-order valence-corrected chi connectivity index (χ3v) is 3.33. The maximum Gasteiger partial charge on any atom is 0.221 e. The third-order valence-electron chi connectivity index (χ3n) is 3.33. The second kappa shape index (κ2) is 3.74. The lowest BCUT2D eigenvalue weighted by atomic mass is 9.73. The maximum absolute atomic E-state index is 11.1. The molecule has 0 saturated carbocycles. The molecule has 0 aromatic rings. The van der Waals surface area contributed by atoms with Gasteiger partial charge in [0.25, 0.3) is 0 Å². The molecular weight excluding hydrogens is 210 g/mol. The molecule has 2 N–H and O–H groups in total. The minimum Gasteiger partial charge on any atom is -0.369 e. The summed E-state index contributed by atoms with van der Waals surface area (Å²) in [6, 6.07) is 0. The van der Waals surface area contributed by atoms with Crippen molar-refractivity contribution in [3.8, 4) is 0 Å². The van der Waals surface area contributed by atoms with Crippen LogP contribution in [0.15, 0.2) is 70.9 Å². The van der Waals surface area contributed by atoms with Crippen molar-refractivity contribution in [3.05, 3.63) is 70.9 Å². The molecule has 2 heteroatoms. The smallest absolute Gasteiger partial charge is 0.221 e. The second-order valence-corrected chi connectivity index (χ2v) is 4.44. The van der Waals surface area contributed by atoms with Crippen molar-refractivity contribution < 1.29 is 4.79 Å². The van der Waals surface area contributed by atoms with Crippen molar-refractivity contribution in [2.75, 3.05) is 0 Å². The van der Waals surface area contributed by atoms with Gasteiger partial charge in [-0.2, -0.15) is 0 Å². The van der Waals surface area contributed by atoms with E-state index in [1.54, 1.807) is 0 Å². The summed E-state index contributed by atoms with van der Waals surface area (Å²) in [7, 11) is 0. The summed E-state index contributed by atoms with van der Waals surface area (Å²) >= 11 is 0. The van der Waals surface area contributed by atoms with Crippen LogP contribution in [0.4, 0.5) is 0 Å². The van der Waals surface area contributed by atoms with E-state index in [0.29, 0.717) is 12.3 Å². The van der Waals surface area contributed by atoms with Crippen molar-refractivity contribution in [2.45, 2.75) is 6.42 Å². The molecule has 1 unspecified atom stereocenters. The Morgan fingerprint density at radius 2 is 1.76 bits per heavy atom. The van der Waals surface area contributed by atoms with Crippen molar-refractivity contribution >= 4 is 5.91 Å². The quantitative estimate of drug-likeness (QED) is 0.767. The van der Waals surface area contributed by atoms with Crippen molar-refractivity contribution in [3.63, 3.8) is 0 Å². The van der Waals surface area contributed by atoms with E-state index in [-0.39, 0.29) is 5.91 Å². The van der Waals surface area contributed by atoms with Gasteiger partial charge in [-0.25, -0.2) is 0 Å². The average molecular weight is 223 g/mol. The minimum atomic E-state index is -0.277. The van der Waals surface area contributed by atoms with Gasteiger partial charge in [-0.15, -0.1) is 0 Å². The van der Waals surface area contributed by atoms with Gasteiger partial charge in [0.1, 0.15) is 0 Å². The van der Waals surface area contributed by atoms with Gasteiger partial charge in [0.05, 0.1) is 6.42 Å². The molecule has 0 spiro atoms.